The molecule has 0 aliphatic carbocycles. The molecule has 6 heteroatoms. The van der Waals surface area contributed by atoms with Gasteiger partial charge in [-0.05, 0) is 32.4 Å². The fourth-order valence-electron chi connectivity index (χ4n) is 1.77. The van der Waals surface area contributed by atoms with E-state index in [1.165, 1.54) is 0 Å². The molecule has 0 radical (unpaired) electrons. The summed E-state index contributed by atoms with van der Waals surface area (Å²) < 4.78 is 5.56. The maximum Gasteiger partial charge on any atom is 0.239 e. The number of ether oxygens (including phenoxy) is 1. The Hall–Kier alpha value is -2.24. The smallest absolute Gasteiger partial charge is 0.239 e. The molecule has 0 aliphatic rings. The van der Waals surface area contributed by atoms with Crippen molar-refractivity contribution in [3.8, 4) is 5.88 Å². The van der Waals surface area contributed by atoms with Gasteiger partial charge in [-0.15, -0.1) is 0 Å². The number of H-pyrrole nitrogens is 1. The third-order valence-electron chi connectivity index (χ3n) is 2.69. The Morgan fingerprint density at radius 3 is 2.95 bits per heavy atom. The Morgan fingerprint density at radius 1 is 1.40 bits per heavy atom. The van der Waals surface area contributed by atoms with Crippen LogP contribution in [0.1, 0.15) is 26.1 Å². The van der Waals surface area contributed by atoms with Crippen molar-refractivity contribution >= 4 is 11.5 Å². The normalized spacial score (nSPS) is 10.8. The van der Waals surface area contributed by atoms with Crippen molar-refractivity contribution in [3.63, 3.8) is 0 Å². The van der Waals surface area contributed by atoms with Gasteiger partial charge in [-0.2, -0.15) is 4.98 Å². The van der Waals surface area contributed by atoms with E-state index < -0.39 is 0 Å². The fourth-order valence-corrected chi connectivity index (χ4v) is 1.77. The molecule has 0 atom stereocenters. The van der Waals surface area contributed by atoms with Crippen LogP contribution in [0.25, 0.3) is 0 Å². The van der Waals surface area contributed by atoms with Gasteiger partial charge in [-0.1, -0.05) is 0 Å². The van der Waals surface area contributed by atoms with Crippen LogP contribution in [0.4, 0.5) is 11.5 Å². The minimum atomic E-state index is 0.0546. The highest BCUT2D eigenvalue weighted by atomic mass is 16.5. The average molecular weight is 275 g/mol. The van der Waals surface area contributed by atoms with Gasteiger partial charge in [0.25, 0.3) is 0 Å². The zero-order valence-corrected chi connectivity index (χ0v) is 11.9. The molecule has 0 bridgehead atoms. The minimum absolute atomic E-state index is 0.0546. The Bertz CT molecular complexity index is 524. The van der Waals surface area contributed by atoms with Crippen molar-refractivity contribution in [1.82, 2.24) is 15.0 Å². The third kappa shape index (κ3) is 4.15. The van der Waals surface area contributed by atoms with Crippen LogP contribution in [0.3, 0.4) is 0 Å². The molecular formula is C14H21N5O. The van der Waals surface area contributed by atoms with Crippen LogP contribution in [0.2, 0.25) is 0 Å². The molecule has 4 N–H and O–H groups in total. The summed E-state index contributed by atoms with van der Waals surface area (Å²) >= 11 is 0. The molecule has 0 unspecified atom stereocenters. The molecule has 6 nitrogen and oxygen atoms in total. The number of pyridine rings is 1. The van der Waals surface area contributed by atoms with Crippen molar-refractivity contribution in [2.45, 2.75) is 32.8 Å². The molecule has 2 aromatic rings. The Kier molecular flexibility index (Phi) is 4.81. The molecule has 0 saturated heterocycles. The van der Waals surface area contributed by atoms with Crippen molar-refractivity contribution in [1.29, 1.82) is 0 Å². The third-order valence-corrected chi connectivity index (χ3v) is 2.69. The highest BCUT2D eigenvalue weighted by Crippen LogP contribution is 2.21. The van der Waals surface area contributed by atoms with Crippen LogP contribution in [-0.2, 0) is 6.42 Å². The molecule has 0 spiro atoms. The number of rotatable bonds is 7. The number of aromatic nitrogens is 3. The van der Waals surface area contributed by atoms with Gasteiger partial charge in [0.2, 0.25) is 5.88 Å². The van der Waals surface area contributed by atoms with Crippen molar-refractivity contribution < 1.29 is 4.74 Å². The van der Waals surface area contributed by atoms with Gasteiger partial charge in [-0.25, -0.2) is 4.98 Å². The van der Waals surface area contributed by atoms with E-state index in [0.29, 0.717) is 11.6 Å². The first-order chi connectivity index (χ1) is 9.65. The predicted molar refractivity (Wildman–Crippen MR) is 79.8 cm³/mol. The molecule has 0 saturated carbocycles. The number of nitrogens with two attached hydrogens (primary N) is 1. The summed E-state index contributed by atoms with van der Waals surface area (Å²) in [5.41, 5.74) is 6.38. The number of aryl methyl sites for hydroxylation is 1. The van der Waals surface area contributed by atoms with E-state index in [2.05, 4.69) is 20.3 Å². The number of aromatic amines is 1. The lowest BCUT2D eigenvalue weighted by Gasteiger charge is -2.12. The van der Waals surface area contributed by atoms with Crippen molar-refractivity contribution in [2.24, 2.45) is 0 Å². The van der Waals surface area contributed by atoms with Crippen molar-refractivity contribution in [3.05, 3.63) is 30.4 Å². The van der Waals surface area contributed by atoms with E-state index in [9.17, 15) is 0 Å². The largest absolute Gasteiger partial charge is 0.473 e. The van der Waals surface area contributed by atoms with Gasteiger partial charge in [0, 0.05) is 25.4 Å². The summed E-state index contributed by atoms with van der Waals surface area (Å²) in [4.78, 5) is 11.6. The topological polar surface area (TPSA) is 88.8 Å². The molecule has 2 aromatic heterocycles. The monoisotopic (exact) mass is 275 g/mol. The molecular weight excluding hydrogens is 254 g/mol. The zero-order chi connectivity index (χ0) is 14.4. The van der Waals surface area contributed by atoms with E-state index in [0.717, 1.165) is 31.0 Å². The standard InChI is InChI=1S/C14H21N5O/c1-10(2)20-14-11(15)5-6-13(19-14)16-7-3-4-12-17-8-9-18-12/h5-6,8-10H,3-4,7,15H2,1-2H3,(H,16,19)(H,17,18). The van der Waals surface area contributed by atoms with Gasteiger partial charge in [0.05, 0.1) is 11.8 Å². The fraction of sp³-hybridized carbons (Fsp3) is 0.429. The average Bonchev–Trinajstić information content (AvgIpc) is 2.91. The number of imidazole rings is 1. The molecule has 20 heavy (non-hydrogen) atoms. The number of nitrogen functional groups attached to an aromatic ring is 1. The van der Waals surface area contributed by atoms with Crippen LogP contribution in [0.5, 0.6) is 5.88 Å². The van der Waals surface area contributed by atoms with Crippen LogP contribution in [-0.4, -0.2) is 27.6 Å². The van der Waals surface area contributed by atoms with E-state index >= 15 is 0 Å². The molecule has 0 fully saturated rings. The SMILES string of the molecule is CC(C)Oc1nc(NCCCc2ncc[nH]2)ccc1N. The summed E-state index contributed by atoms with van der Waals surface area (Å²) in [5, 5.41) is 3.26. The summed E-state index contributed by atoms with van der Waals surface area (Å²) in [7, 11) is 0. The highest BCUT2D eigenvalue weighted by Gasteiger charge is 2.06. The number of anilines is 2. The second-order valence-corrected chi connectivity index (χ2v) is 4.82. The number of nitrogens with one attached hydrogen (secondary N) is 2. The van der Waals surface area contributed by atoms with Gasteiger partial charge in [0.1, 0.15) is 11.6 Å². The summed E-state index contributed by atoms with van der Waals surface area (Å²) in [5.74, 6) is 2.26. The van der Waals surface area contributed by atoms with E-state index in [1.54, 1.807) is 12.3 Å². The molecule has 108 valence electrons. The summed E-state index contributed by atoms with van der Waals surface area (Å²) in [6.07, 6.45) is 5.53. The first kappa shape index (κ1) is 14.2. The molecule has 0 aliphatic heterocycles. The Balaban J connectivity index is 1.83. The molecule has 0 amide bonds. The maximum atomic E-state index is 5.83. The van der Waals surface area contributed by atoms with Gasteiger partial charge in [-0.3, -0.25) is 0 Å². The first-order valence-corrected chi connectivity index (χ1v) is 6.80. The van der Waals surface area contributed by atoms with Gasteiger partial charge >= 0.3 is 0 Å². The number of hydrogen-bond acceptors (Lipinski definition) is 5. The molecule has 2 rings (SSSR count). The minimum Gasteiger partial charge on any atom is -0.473 e. The van der Waals surface area contributed by atoms with E-state index in [-0.39, 0.29) is 6.10 Å². The van der Waals surface area contributed by atoms with Crippen LogP contribution >= 0.6 is 0 Å². The summed E-state index contributed by atoms with van der Waals surface area (Å²) in [6.45, 7) is 4.72. The lowest BCUT2D eigenvalue weighted by atomic mass is 10.3. The van der Waals surface area contributed by atoms with E-state index in [4.69, 9.17) is 10.5 Å². The number of nitrogens with zero attached hydrogens (tertiary/aromatic N) is 2. The van der Waals surface area contributed by atoms with Crippen molar-refractivity contribution in [2.75, 3.05) is 17.6 Å². The van der Waals surface area contributed by atoms with Crippen LogP contribution < -0.4 is 15.8 Å². The Labute approximate surface area is 118 Å². The van der Waals surface area contributed by atoms with Crippen LogP contribution in [0.15, 0.2) is 24.5 Å². The van der Waals surface area contributed by atoms with E-state index in [1.807, 2.05) is 26.1 Å². The predicted octanol–water partition coefficient (Wildman–Crippen LogP) is 2.22. The number of hydrogen-bond donors (Lipinski definition) is 3. The van der Waals surface area contributed by atoms with Gasteiger partial charge in [0.15, 0.2) is 0 Å². The lowest BCUT2D eigenvalue weighted by Crippen LogP contribution is -2.11. The zero-order valence-electron chi connectivity index (χ0n) is 11.9. The van der Waals surface area contributed by atoms with Gasteiger partial charge < -0.3 is 20.8 Å². The molecule has 2 heterocycles. The Morgan fingerprint density at radius 2 is 2.25 bits per heavy atom. The molecule has 0 aromatic carbocycles. The lowest BCUT2D eigenvalue weighted by molar-refractivity contribution is 0.234. The summed E-state index contributed by atoms with van der Waals surface area (Å²) in [6, 6.07) is 3.66. The quantitative estimate of drug-likeness (QED) is 0.674. The highest BCUT2D eigenvalue weighted by molar-refractivity contribution is 5.53. The second kappa shape index (κ2) is 6.79. The maximum absolute atomic E-state index is 5.83. The van der Waals surface area contributed by atoms with Crippen LogP contribution in [0, 0.1) is 0 Å². The second-order valence-electron chi connectivity index (χ2n) is 4.82. The first-order valence-electron chi connectivity index (χ1n) is 6.80.